The molecular formula is C24H32N2S. The van der Waals surface area contributed by atoms with Crippen LogP contribution in [-0.4, -0.2) is 36.8 Å². The molecule has 0 spiro atoms. The van der Waals surface area contributed by atoms with Gasteiger partial charge in [-0.25, -0.2) is 0 Å². The number of hydrogen-bond acceptors (Lipinski definition) is 3. The second-order valence-electron chi connectivity index (χ2n) is 8.02. The second kappa shape index (κ2) is 9.77. The fourth-order valence-corrected chi connectivity index (χ4v) is 5.43. The van der Waals surface area contributed by atoms with Crippen molar-refractivity contribution in [3.8, 4) is 0 Å². The Labute approximate surface area is 168 Å². The minimum atomic E-state index is 0.936. The average molecular weight is 381 g/mol. The van der Waals surface area contributed by atoms with Crippen LogP contribution in [0.25, 0.3) is 0 Å². The summed E-state index contributed by atoms with van der Waals surface area (Å²) in [6.45, 7) is 5.85. The number of hydrogen-bond donors (Lipinski definition) is 1. The van der Waals surface area contributed by atoms with Crippen LogP contribution in [0.2, 0.25) is 0 Å². The fraction of sp³-hybridized carbons (Fsp3) is 0.500. The van der Waals surface area contributed by atoms with Gasteiger partial charge >= 0.3 is 0 Å². The van der Waals surface area contributed by atoms with E-state index in [1.54, 1.807) is 11.1 Å². The molecular weight excluding hydrogens is 348 g/mol. The summed E-state index contributed by atoms with van der Waals surface area (Å²) in [6.07, 6.45) is 6.46. The quantitative estimate of drug-likeness (QED) is 0.727. The van der Waals surface area contributed by atoms with Crippen LogP contribution in [0.1, 0.15) is 36.0 Å². The summed E-state index contributed by atoms with van der Waals surface area (Å²) in [5.74, 6) is 2.20. The highest BCUT2D eigenvalue weighted by Gasteiger charge is 2.16. The molecule has 0 aromatic heterocycles. The average Bonchev–Trinajstić information content (AvgIpc) is 2.92. The van der Waals surface area contributed by atoms with Crippen LogP contribution >= 0.6 is 11.8 Å². The number of fused-ring (bicyclic) bond motifs is 1. The molecule has 0 amide bonds. The Bertz CT molecular complexity index is 710. The van der Waals surface area contributed by atoms with Crippen LogP contribution in [0.3, 0.4) is 0 Å². The highest BCUT2D eigenvalue weighted by atomic mass is 32.2. The van der Waals surface area contributed by atoms with Gasteiger partial charge in [-0.1, -0.05) is 36.4 Å². The molecule has 3 heteroatoms. The number of piperidine rings is 1. The van der Waals surface area contributed by atoms with Crippen LogP contribution in [0.15, 0.2) is 53.4 Å². The lowest BCUT2D eigenvalue weighted by molar-refractivity contribution is 0.279. The summed E-state index contributed by atoms with van der Waals surface area (Å²) in [4.78, 5) is 4.08. The Hall–Kier alpha value is -1.29. The number of thioether (sulfide) groups is 1. The zero-order valence-corrected chi connectivity index (χ0v) is 17.1. The monoisotopic (exact) mass is 380 g/mol. The van der Waals surface area contributed by atoms with Gasteiger partial charge in [0.2, 0.25) is 0 Å². The lowest BCUT2D eigenvalue weighted by Gasteiger charge is -2.22. The maximum Gasteiger partial charge on any atom is 0.0233 e. The molecule has 1 N–H and O–H groups in total. The predicted octanol–water partition coefficient (Wildman–Crippen LogP) is 4.77. The molecule has 2 nitrogen and oxygen atoms in total. The van der Waals surface area contributed by atoms with Crippen molar-refractivity contribution in [2.75, 3.05) is 31.9 Å². The summed E-state index contributed by atoms with van der Waals surface area (Å²) in [5, 5.41) is 3.47. The van der Waals surface area contributed by atoms with Crippen LogP contribution in [0, 0.1) is 5.92 Å². The van der Waals surface area contributed by atoms with Crippen LogP contribution in [-0.2, 0) is 19.4 Å². The van der Waals surface area contributed by atoms with Crippen LogP contribution in [0.4, 0.5) is 0 Å². The predicted molar refractivity (Wildman–Crippen MR) is 117 cm³/mol. The summed E-state index contributed by atoms with van der Waals surface area (Å²) >= 11 is 2.06. The summed E-state index contributed by atoms with van der Waals surface area (Å²) in [5.41, 5.74) is 4.57. The van der Waals surface area contributed by atoms with Crippen LogP contribution < -0.4 is 5.32 Å². The Morgan fingerprint density at radius 1 is 0.926 bits per heavy atom. The van der Waals surface area contributed by atoms with Gasteiger partial charge in [0, 0.05) is 24.5 Å². The first-order valence-corrected chi connectivity index (χ1v) is 11.6. The maximum absolute atomic E-state index is 3.47. The van der Waals surface area contributed by atoms with E-state index in [1.165, 1.54) is 74.5 Å². The molecule has 0 aliphatic carbocycles. The second-order valence-corrected chi connectivity index (χ2v) is 9.19. The molecule has 1 saturated heterocycles. The van der Waals surface area contributed by atoms with E-state index >= 15 is 0 Å². The van der Waals surface area contributed by atoms with Gasteiger partial charge in [-0.15, -0.1) is 11.8 Å². The molecule has 144 valence electrons. The van der Waals surface area contributed by atoms with Gasteiger partial charge < -0.3 is 5.32 Å². The van der Waals surface area contributed by atoms with E-state index in [1.807, 2.05) is 0 Å². The van der Waals surface area contributed by atoms with E-state index in [0.717, 1.165) is 12.5 Å². The summed E-state index contributed by atoms with van der Waals surface area (Å²) in [6, 6.07) is 18.1. The van der Waals surface area contributed by atoms with Crippen molar-refractivity contribution in [3.05, 3.63) is 65.2 Å². The van der Waals surface area contributed by atoms with Gasteiger partial charge in [0.25, 0.3) is 0 Å². The molecule has 4 rings (SSSR count). The Morgan fingerprint density at radius 3 is 2.52 bits per heavy atom. The minimum absolute atomic E-state index is 0.936. The third kappa shape index (κ3) is 5.60. The third-order valence-electron chi connectivity index (χ3n) is 6.08. The maximum atomic E-state index is 3.47. The number of rotatable bonds is 6. The molecule has 0 bridgehead atoms. The number of benzene rings is 2. The van der Waals surface area contributed by atoms with Gasteiger partial charge in [0.1, 0.15) is 0 Å². The van der Waals surface area contributed by atoms with Crippen molar-refractivity contribution in [3.63, 3.8) is 0 Å². The molecule has 1 fully saturated rings. The summed E-state index contributed by atoms with van der Waals surface area (Å²) in [7, 11) is 0. The zero-order valence-electron chi connectivity index (χ0n) is 16.3. The SMILES string of the molecule is c1ccc(CN2CCc3ccc(SCCC4CCNCC4)cc3CC2)cc1. The largest absolute Gasteiger partial charge is 0.317 e. The Kier molecular flexibility index (Phi) is 6.89. The third-order valence-corrected chi connectivity index (χ3v) is 7.10. The van der Waals surface area contributed by atoms with Gasteiger partial charge in [-0.2, -0.15) is 0 Å². The van der Waals surface area contributed by atoms with Crippen molar-refractivity contribution >= 4 is 11.8 Å². The lowest BCUT2D eigenvalue weighted by atomic mass is 9.96. The molecule has 27 heavy (non-hydrogen) atoms. The van der Waals surface area contributed by atoms with E-state index in [2.05, 4.69) is 70.5 Å². The number of nitrogens with zero attached hydrogens (tertiary/aromatic N) is 1. The van der Waals surface area contributed by atoms with E-state index in [9.17, 15) is 0 Å². The molecule has 0 saturated carbocycles. The van der Waals surface area contributed by atoms with Crippen molar-refractivity contribution in [2.45, 2.75) is 43.5 Å². The molecule has 0 radical (unpaired) electrons. The zero-order chi connectivity index (χ0) is 18.3. The number of nitrogens with one attached hydrogen (secondary N) is 1. The topological polar surface area (TPSA) is 15.3 Å². The van der Waals surface area contributed by atoms with E-state index < -0.39 is 0 Å². The smallest absolute Gasteiger partial charge is 0.0233 e. The highest BCUT2D eigenvalue weighted by Crippen LogP contribution is 2.27. The van der Waals surface area contributed by atoms with Gasteiger partial charge in [-0.3, -0.25) is 4.90 Å². The molecule has 0 atom stereocenters. The van der Waals surface area contributed by atoms with E-state index in [0.29, 0.717) is 0 Å². The molecule has 2 aliphatic heterocycles. The van der Waals surface area contributed by atoms with Gasteiger partial charge in [0.15, 0.2) is 0 Å². The molecule has 2 heterocycles. The van der Waals surface area contributed by atoms with E-state index in [4.69, 9.17) is 0 Å². The summed E-state index contributed by atoms with van der Waals surface area (Å²) < 4.78 is 0. The van der Waals surface area contributed by atoms with Crippen LogP contribution in [0.5, 0.6) is 0 Å². The Balaban J connectivity index is 1.29. The van der Waals surface area contributed by atoms with Crippen molar-refractivity contribution in [1.82, 2.24) is 10.2 Å². The highest BCUT2D eigenvalue weighted by molar-refractivity contribution is 7.99. The lowest BCUT2D eigenvalue weighted by Crippen LogP contribution is -2.27. The molecule has 0 unspecified atom stereocenters. The first-order chi connectivity index (χ1) is 13.4. The Morgan fingerprint density at radius 2 is 1.70 bits per heavy atom. The minimum Gasteiger partial charge on any atom is -0.317 e. The first-order valence-electron chi connectivity index (χ1n) is 10.6. The first kappa shape index (κ1) is 19.0. The van der Waals surface area contributed by atoms with Crippen molar-refractivity contribution in [1.29, 1.82) is 0 Å². The fourth-order valence-electron chi connectivity index (χ4n) is 4.35. The molecule has 2 aromatic rings. The van der Waals surface area contributed by atoms with Gasteiger partial charge in [-0.05, 0) is 85.7 Å². The van der Waals surface area contributed by atoms with Crippen molar-refractivity contribution in [2.24, 2.45) is 5.92 Å². The normalized spacial score (nSPS) is 18.8. The standard InChI is InChI=1S/C24H32N2S/c1-2-4-21(5-3-1)19-26-15-10-22-6-7-24(18-23(22)11-16-26)27-17-12-20-8-13-25-14-9-20/h1-7,18,20,25H,8-17,19H2. The van der Waals surface area contributed by atoms with Gasteiger partial charge in [0.05, 0.1) is 0 Å². The van der Waals surface area contributed by atoms with Crippen molar-refractivity contribution < 1.29 is 0 Å². The molecule has 2 aliphatic rings. The van der Waals surface area contributed by atoms with E-state index in [-0.39, 0.29) is 0 Å². The molecule has 2 aromatic carbocycles.